The largest absolute Gasteiger partial charge is 0.466 e. The van der Waals surface area contributed by atoms with Gasteiger partial charge in [-0.2, -0.15) is 0 Å². The Morgan fingerprint density at radius 2 is 1.97 bits per heavy atom. The monoisotopic (exact) mass is 474 g/mol. The molecule has 2 N–H and O–H groups in total. The lowest BCUT2D eigenvalue weighted by Crippen LogP contribution is -2.55. The molecule has 0 bridgehead atoms. The van der Waals surface area contributed by atoms with Gasteiger partial charge >= 0.3 is 5.97 Å². The molecule has 0 amide bonds. The molecule has 2 saturated heterocycles. The van der Waals surface area contributed by atoms with E-state index in [0.29, 0.717) is 19.6 Å². The molecule has 5 atom stereocenters. The predicted octanol–water partition coefficient (Wildman–Crippen LogP) is 3.72. The molecule has 0 radical (unpaired) electrons. The second-order valence-corrected chi connectivity index (χ2v) is 10.5. The molecule has 3 aliphatic heterocycles. The first-order valence-electron chi connectivity index (χ1n) is 12.8. The summed E-state index contributed by atoms with van der Waals surface area (Å²) in [7, 11) is 1.47. The van der Waals surface area contributed by atoms with Gasteiger partial charge in [0.2, 0.25) is 0 Å². The summed E-state index contributed by atoms with van der Waals surface area (Å²) in [5.41, 5.74) is 5.16. The normalized spacial score (nSPS) is 31.9. The molecule has 1 aliphatic carbocycles. The number of anilines is 1. The number of hydrogen-bond acceptors (Lipinski definition) is 6. The fraction of sp³-hybridized carbons (Fsp3) is 0.483. The zero-order valence-corrected chi connectivity index (χ0v) is 20.3. The summed E-state index contributed by atoms with van der Waals surface area (Å²) >= 11 is 0. The first kappa shape index (κ1) is 22.8. The van der Waals surface area contributed by atoms with Crippen LogP contribution in [0, 0.1) is 17.8 Å². The van der Waals surface area contributed by atoms with Crippen molar-refractivity contribution in [2.75, 3.05) is 38.8 Å². The van der Waals surface area contributed by atoms with Crippen molar-refractivity contribution >= 4 is 11.7 Å². The Bertz CT molecular complexity index is 1130. The molecule has 2 fully saturated rings. The number of aliphatic hydroxyl groups excluding tert-OH is 1. The van der Waals surface area contributed by atoms with Gasteiger partial charge in [0.1, 0.15) is 0 Å². The highest BCUT2D eigenvalue weighted by atomic mass is 16.5. The molecule has 0 aromatic heterocycles. The Morgan fingerprint density at radius 3 is 2.77 bits per heavy atom. The predicted molar refractivity (Wildman–Crippen MR) is 134 cm³/mol. The van der Waals surface area contributed by atoms with Crippen LogP contribution in [0.15, 0.2) is 65.9 Å². The number of para-hydroxylation sites is 1. The molecule has 2 aromatic rings. The summed E-state index contributed by atoms with van der Waals surface area (Å²) in [5.74, 6) is 0.280. The minimum atomic E-state index is -0.296. The number of carbonyl (C=O) groups excluding carboxylic acids is 1. The standard InChI is InChI=1S/C29H34N2O4/c1-34-28(33)22-15-21(23-18-35-14-11-20(23)17-32)27-29(24-9-5-6-10-25(24)30-26(22)29)12-13-31(27)16-19-7-3-2-4-8-19/h2-10,20-21,23,27,30,32H,11-18H2,1H3/t20-,21-,23-,27-,29-/m1/s1. The molecule has 35 heavy (non-hydrogen) atoms. The van der Waals surface area contributed by atoms with E-state index in [-0.39, 0.29) is 41.8 Å². The van der Waals surface area contributed by atoms with E-state index < -0.39 is 0 Å². The number of hydrogen-bond donors (Lipinski definition) is 2. The third-order valence-corrected chi connectivity index (χ3v) is 8.95. The van der Waals surface area contributed by atoms with E-state index in [0.717, 1.165) is 42.9 Å². The van der Waals surface area contributed by atoms with Gasteiger partial charge in [-0.3, -0.25) is 4.90 Å². The number of likely N-dealkylation sites (tertiary alicyclic amines) is 1. The van der Waals surface area contributed by atoms with E-state index in [2.05, 4.69) is 64.8 Å². The number of nitrogens with one attached hydrogen (secondary N) is 1. The molecule has 0 unspecified atom stereocenters. The summed E-state index contributed by atoms with van der Waals surface area (Å²) in [6, 6.07) is 19.4. The molecular formula is C29H34N2O4. The topological polar surface area (TPSA) is 71.0 Å². The number of ether oxygens (including phenoxy) is 2. The summed E-state index contributed by atoms with van der Waals surface area (Å²) in [6.07, 6.45) is 2.43. The molecular weight excluding hydrogens is 440 g/mol. The third kappa shape index (κ3) is 3.53. The van der Waals surface area contributed by atoms with Gasteiger partial charge in [0, 0.05) is 43.7 Å². The van der Waals surface area contributed by atoms with Crippen LogP contribution in [-0.2, 0) is 26.2 Å². The lowest BCUT2D eigenvalue weighted by atomic mass is 9.59. The molecule has 6 heteroatoms. The number of benzene rings is 2. The van der Waals surface area contributed by atoms with Gasteiger partial charge in [0.05, 0.1) is 24.7 Å². The molecule has 6 rings (SSSR count). The number of nitrogens with zero attached hydrogens (tertiary/aromatic N) is 1. The number of fused-ring (bicyclic) bond motifs is 1. The van der Waals surface area contributed by atoms with Crippen LogP contribution in [0.5, 0.6) is 0 Å². The van der Waals surface area contributed by atoms with Crippen LogP contribution in [0.25, 0.3) is 0 Å². The molecule has 184 valence electrons. The van der Waals surface area contributed by atoms with Crippen LogP contribution in [0.4, 0.5) is 5.69 Å². The maximum absolute atomic E-state index is 13.2. The summed E-state index contributed by atoms with van der Waals surface area (Å²) < 4.78 is 11.3. The summed E-state index contributed by atoms with van der Waals surface area (Å²) in [4.78, 5) is 15.8. The van der Waals surface area contributed by atoms with Crippen molar-refractivity contribution in [2.45, 2.75) is 37.3 Å². The maximum Gasteiger partial charge on any atom is 0.335 e. The van der Waals surface area contributed by atoms with E-state index >= 15 is 0 Å². The Morgan fingerprint density at radius 1 is 1.17 bits per heavy atom. The quantitative estimate of drug-likeness (QED) is 0.644. The highest BCUT2D eigenvalue weighted by molar-refractivity contribution is 5.93. The highest BCUT2D eigenvalue weighted by Crippen LogP contribution is 2.61. The van der Waals surface area contributed by atoms with Crippen molar-refractivity contribution in [3.8, 4) is 0 Å². The fourth-order valence-electron chi connectivity index (χ4n) is 7.47. The van der Waals surface area contributed by atoms with Crippen molar-refractivity contribution in [2.24, 2.45) is 17.8 Å². The molecule has 1 spiro atoms. The Kier molecular flexibility index (Phi) is 5.91. The van der Waals surface area contributed by atoms with Crippen molar-refractivity contribution < 1.29 is 19.4 Å². The van der Waals surface area contributed by atoms with Gasteiger partial charge < -0.3 is 19.9 Å². The van der Waals surface area contributed by atoms with Gasteiger partial charge in [-0.1, -0.05) is 48.5 Å². The first-order valence-corrected chi connectivity index (χ1v) is 12.8. The number of esters is 1. The van der Waals surface area contributed by atoms with Crippen LogP contribution >= 0.6 is 0 Å². The van der Waals surface area contributed by atoms with E-state index in [1.807, 2.05) is 0 Å². The van der Waals surface area contributed by atoms with Gasteiger partial charge in [0.25, 0.3) is 0 Å². The summed E-state index contributed by atoms with van der Waals surface area (Å²) in [5, 5.41) is 14.0. The molecule has 2 aromatic carbocycles. The van der Waals surface area contributed by atoms with Crippen molar-refractivity contribution in [3.63, 3.8) is 0 Å². The Balaban J connectivity index is 1.52. The number of carbonyl (C=O) groups is 1. The molecule has 4 aliphatic rings. The second kappa shape index (κ2) is 9.08. The Labute approximate surface area is 206 Å². The minimum Gasteiger partial charge on any atom is -0.466 e. The van der Waals surface area contributed by atoms with Gasteiger partial charge in [-0.05, 0) is 54.2 Å². The van der Waals surface area contributed by atoms with E-state index in [1.165, 1.54) is 18.2 Å². The van der Waals surface area contributed by atoms with Gasteiger partial charge in [-0.25, -0.2) is 4.79 Å². The van der Waals surface area contributed by atoms with Crippen molar-refractivity contribution in [1.82, 2.24) is 4.90 Å². The van der Waals surface area contributed by atoms with E-state index in [4.69, 9.17) is 9.47 Å². The zero-order valence-electron chi connectivity index (χ0n) is 20.3. The molecule has 0 saturated carbocycles. The maximum atomic E-state index is 13.2. The lowest BCUT2D eigenvalue weighted by molar-refractivity contribution is -0.137. The smallest absolute Gasteiger partial charge is 0.335 e. The van der Waals surface area contributed by atoms with E-state index in [1.54, 1.807) is 0 Å². The van der Waals surface area contributed by atoms with Crippen molar-refractivity contribution in [3.05, 3.63) is 77.0 Å². The minimum absolute atomic E-state index is 0.155. The second-order valence-electron chi connectivity index (χ2n) is 10.5. The van der Waals surface area contributed by atoms with Crippen LogP contribution in [0.1, 0.15) is 30.4 Å². The lowest BCUT2D eigenvalue weighted by Gasteiger charge is -2.50. The zero-order chi connectivity index (χ0) is 24.0. The van der Waals surface area contributed by atoms with Crippen LogP contribution in [0.2, 0.25) is 0 Å². The summed E-state index contributed by atoms with van der Waals surface area (Å²) in [6.45, 7) is 3.28. The average Bonchev–Trinajstić information content (AvgIpc) is 3.45. The molecule has 6 nitrogen and oxygen atoms in total. The third-order valence-electron chi connectivity index (χ3n) is 8.95. The number of rotatable bonds is 5. The average molecular weight is 475 g/mol. The fourth-order valence-corrected chi connectivity index (χ4v) is 7.47. The SMILES string of the molecule is COC(=O)C1=C2Nc3ccccc3[C@]23CCN(Cc2ccccc2)[C@@H]3[C@@H]([C@@H]2COCC[C@@H]2CO)C1. The van der Waals surface area contributed by atoms with Gasteiger partial charge in [0.15, 0.2) is 0 Å². The van der Waals surface area contributed by atoms with Gasteiger partial charge in [-0.15, -0.1) is 0 Å². The van der Waals surface area contributed by atoms with E-state index in [9.17, 15) is 9.90 Å². The number of methoxy groups -OCH3 is 1. The highest BCUT2D eigenvalue weighted by Gasteiger charge is 2.62. The Hall–Kier alpha value is -2.67. The van der Waals surface area contributed by atoms with Crippen LogP contribution < -0.4 is 5.32 Å². The van der Waals surface area contributed by atoms with Crippen LogP contribution in [0.3, 0.4) is 0 Å². The van der Waals surface area contributed by atoms with Crippen LogP contribution in [-0.4, -0.2) is 55.5 Å². The van der Waals surface area contributed by atoms with Crippen molar-refractivity contribution in [1.29, 1.82) is 0 Å². The first-order chi connectivity index (χ1) is 17.2. The number of aliphatic hydroxyl groups is 1. The molecule has 3 heterocycles.